The Hall–Kier alpha value is -1.55. The number of benzene rings is 1. The van der Waals surface area contributed by atoms with Crippen LogP contribution in [0.2, 0.25) is 0 Å². The SMILES string of the molecule is CCOc1ccc(C2NCC(=O)N2CC2CCC2)cc1. The van der Waals surface area contributed by atoms with Crippen LogP contribution in [0.25, 0.3) is 0 Å². The van der Waals surface area contributed by atoms with E-state index in [0.717, 1.165) is 17.9 Å². The molecule has 20 heavy (non-hydrogen) atoms. The van der Waals surface area contributed by atoms with Crippen molar-refractivity contribution >= 4 is 5.91 Å². The Kier molecular flexibility index (Phi) is 3.92. The summed E-state index contributed by atoms with van der Waals surface area (Å²) in [5, 5.41) is 3.31. The van der Waals surface area contributed by atoms with E-state index in [4.69, 9.17) is 4.74 Å². The monoisotopic (exact) mass is 274 g/mol. The number of nitrogens with zero attached hydrogens (tertiary/aromatic N) is 1. The lowest BCUT2D eigenvalue weighted by Crippen LogP contribution is -2.36. The van der Waals surface area contributed by atoms with Gasteiger partial charge in [0.1, 0.15) is 11.9 Å². The minimum atomic E-state index is 0.0266. The average Bonchev–Trinajstić information content (AvgIpc) is 2.77. The first-order valence-corrected chi connectivity index (χ1v) is 7.53. The molecule has 1 aliphatic carbocycles. The third-order valence-electron chi connectivity index (χ3n) is 4.27. The molecule has 108 valence electrons. The van der Waals surface area contributed by atoms with Gasteiger partial charge in [0, 0.05) is 6.54 Å². The lowest BCUT2D eigenvalue weighted by Gasteiger charge is -2.33. The maximum absolute atomic E-state index is 12.0. The average molecular weight is 274 g/mol. The Balaban J connectivity index is 1.71. The van der Waals surface area contributed by atoms with Gasteiger partial charge in [0.25, 0.3) is 0 Å². The maximum Gasteiger partial charge on any atom is 0.238 e. The molecule has 1 N–H and O–H groups in total. The second kappa shape index (κ2) is 5.83. The number of carbonyl (C=O) groups is 1. The van der Waals surface area contributed by atoms with E-state index in [1.165, 1.54) is 19.3 Å². The lowest BCUT2D eigenvalue weighted by molar-refractivity contribution is -0.129. The highest BCUT2D eigenvalue weighted by Gasteiger charge is 2.34. The number of nitrogens with one attached hydrogen (secondary N) is 1. The summed E-state index contributed by atoms with van der Waals surface area (Å²) in [6, 6.07) is 8.06. The van der Waals surface area contributed by atoms with E-state index in [9.17, 15) is 4.79 Å². The molecule has 1 aromatic carbocycles. The number of carbonyl (C=O) groups excluding carboxylic acids is 1. The van der Waals surface area contributed by atoms with Crippen molar-refractivity contribution in [1.82, 2.24) is 10.2 Å². The van der Waals surface area contributed by atoms with Gasteiger partial charge in [-0.2, -0.15) is 0 Å². The van der Waals surface area contributed by atoms with Crippen LogP contribution in [-0.2, 0) is 4.79 Å². The van der Waals surface area contributed by atoms with Gasteiger partial charge >= 0.3 is 0 Å². The summed E-state index contributed by atoms with van der Waals surface area (Å²) in [6.45, 7) is 3.99. The van der Waals surface area contributed by atoms with E-state index >= 15 is 0 Å². The quantitative estimate of drug-likeness (QED) is 0.896. The van der Waals surface area contributed by atoms with Crippen molar-refractivity contribution in [2.24, 2.45) is 5.92 Å². The smallest absolute Gasteiger partial charge is 0.238 e. The first-order valence-electron chi connectivity index (χ1n) is 7.53. The molecule has 1 aliphatic heterocycles. The van der Waals surface area contributed by atoms with Gasteiger partial charge < -0.3 is 9.64 Å². The van der Waals surface area contributed by atoms with Crippen molar-refractivity contribution in [2.45, 2.75) is 32.4 Å². The van der Waals surface area contributed by atoms with Gasteiger partial charge in [-0.25, -0.2) is 0 Å². The third-order valence-corrected chi connectivity index (χ3v) is 4.27. The van der Waals surface area contributed by atoms with Gasteiger partial charge in [-0.05, 0) is 43.4 Å². The molecule has 0 bridgehead atoms. The van der Waals surface area contributed by atoms with Crippen LogP contribution >= 0.6 is 0 Å². The van der Waals surface area contributed by atoms with E-state index in [2.05, 4.69) is 17.4 Å². The Morgan fingerprint density at radius 3 is 2.65 bits per heavy atom. The molecule has 0 radical (unpaired) electrons. The predicted octanol–water partition coefficient (Wildman–Crippen LogP) is 2.32. The largest absolute Gasteiger partial charge is 0.494 e. The van der Waals surface area contributed by atoms with E-state index in [1.54, 1.807) is 0 Å². The fourth-order valence-electron chi connectivity index (χ4n) is 2.91. The molecule has 2 aliphatic rings. The van der Waals surface area contributed by atoms with Crippen LogP contribution in [-0.4, -0.2) is 30.5 Å². The molecule has 1 heterocycles. The summed E-state index contributed by atoms with van der Waals surface area (Å²) in [7, 11) is 0. The van der Waals surface area contributed by atoms with E-state index in [0.29, 0.717) is 19.1 Å². The third kappa shape index (κ3) is 2.66. The summed E-state index contributed by atoms with van der Waals surface area (Å²) in [4.78, 5) is 14.0. The molecule has 4 nitrogen and oxygen atoms in total. The predicted molar refractivity (Wildman–Crippen MR) is 77.4 cm³/mol. The highest BCUT2D eigenvalue weighted by Crippen LogP contribution is 2.31. The number of rotatable bonds is 5. The second-order valence-corrected chi connectivity index (χ2v) is 5.63. The van der Waals surface area contributed by atoms with E-state index in [-0.39, 0.29) is 12.1 Å². The van der Waals surface area contributed by atoms with Crippen LogP contribution in [0.3, 0.4) is 0 Å². The van der Waals surface area contributed by atoms with Crippen molar-refractivity contribution in [3.8, 4) is 5.75 Å². The van der Waals surface area contributed by atoms with E-state index in [1.807, 2.05) is 24.0 Å². The van der Waals surface area contributed by atoms with Gasteiger partial charge in [-0.15, -0.1) is 0 Å². The van der Waals surface area contributed by atoms with Crippen molar-refractivity contribution in [3.05, 3.63) is 29.8 Å². The van der Waals surface area contributed by atoms with Gasteiger partial charge in [0.2, 0.25) is 5.91 Å². The number of hydrogen-bond donors (Lipinski definition) is 1. The summed E-state index contributed by atoms with van der Waals surface area (Å²) in [5.41, 5.74) is 1.14. The Bertz CT molecular complexity index is 468. The molecule has 3 rings (SSSR count). The molecule has 4 heteroatoms. The number of amides is 1. The van der Waals surface area contributed by atoms with Gasteiger partial charge in [-0.3, -0.25) is 10.1 Å². The minimum absolute atomic E-state index is 0.0266. The van der Waals surface area contributed by atoms with Crippen LogP contribution in [0.4, 0.5) is 0 Å². The van der Waals surface area contributed by atoms with Crippen molar-refractivity contribution in [1.29, 1.82) is 0 Å². The molecular weight excluding hydrogens is 252 g/mol. The summed E-state index contributed by atoms with van der Waals surface area (Å²) in [6.07, 6.45) is 3.87. The zero-order chi connectivity index (χ0) is 13.9. The van der Waals surface area contributed by atoms with Gasteiger partial charge in [0.15, 0.2) is 0 Å². The normalized spacial score (nSPS) is 22.9. The molecular formula is C16H22N2O2. The Labute approximate surface area is 120 Å². The molecule has 1 amide bonds. The Morgan fingerprint density at radius 2 is 2.05 bits per heavy atom. The van der Waals surface area contributed by atoms with E-state index < -0.39 is 0 Å². The highest BCUT2D eigenvalue weighted by atomic mass is 16.5. The first-order chi connectivity index (χ1) is 9.78. The highest BCUT2D eigenvalue weighted by molar-refractivity contribution is 5.81. The molecule has 1 unspecified atom stereocenters. The summed E-state index contributed by atoms with van der Waals surface area (Å²) in [5.74, 6) is 1.80. The molecule has 1 atom stereocenters. The number of hydrogen-bond acceptors (Lipinski definition) is 3. The first kappa shape index (κ1) is 13.4. The van der Waals surface area contributed by atoms with Crippen molar-refractivity contribution < 1.29 is 9.53 Å². The zero-order valence-corrected chi connectivity index (χ0v) is 12.0. The van der Waals surface area contributed by atoms with Crippen LogP contribution < -0.4 is 10.1 Å². The van der Waals surface area contributed by atoms with Crippen LogP contribution in [0.1, 0.15) is 37.9 Å². The minimum Gasteiger partial charge on any atom is -0.494 e. The molecule has 0 aromatic heterocycles. The van der Waals surface area contributed by atoms with Gasteiger partial charge in [0.05, 0.1) is 13.2 Å². The van der Waals surface area contributed by atoms with Crippen LogP contribution in [0.5, 0.6) is 5.75 Å². The van der Waals surface area contributed by atoms with Crippen molar-refractivity contribution in [3.63, 3.8) is 0 Å². The summed E-state index contributed by atoms with van der Waals surface area (Å²) >= 11 is 0. The second-order valence-electron chi connectivity index (χ2n) is 5.63. The molecule has 1 saturated carbocycles. The fraction of sp³-hybridized carbons (Fsp3) is 0.562. The van der Waals surface area contributed by atoms with Gasteiger partial charge in [-0.1, -0.05) is 18.6 Å². The molecule has 1 aromatic rings. The molecule has 2 fully saturated rings. The molecule has 0 spiro atoms. The lowest BCUT2D eigenvalue weighted by atomic mass is 9.85. The standard InChI is InChI=1S/C16H22N2O2/c1-2-20-14-8-6-13(7-9-14)16-17-10-15(19)18(16)11-12-4-3-5-12/h6-9,12,16-17H,2-5,10-11H2,1H3. The summed E-state index contributed by atoms with van der Waals surface area (Å²) < 4.78 is 5.46. The number of ether oxygens (including phenoxy) is 1. The van der Waals surface area contributed by atoms with Crippen LogP contribution in [0.15, 0.2) is 24.3 Å². The maximum atomic E-state index is 12.0. The Morgan fingerprint density at radius 1 is 1.30 bits per heavy atom. The fourth-order valence-corrected chi connectivity index (χ4v) is 2.91. The zero-order valence-electron chi connectivity index (χ0n) is 12.0. The van der Waals surface area contributed by atoms with Crippen molar-refractivity contribution in [2.75, 3.05) is 19.7 Å². The van der Waals surface area contributed by atoms with Crippen LogP contribution in [0, 0.1) is 5.92 Å². The molecule has 1 saturated heterocycles. The topological polar surface area (TPSA) is 41.6 Å².